The average Bonchev–Trinajstić information content (AvgIpc) is 3.09. The number of fused-ring (bicyclic) bond motifs is 1. The van der Waals surface area contributed by atoms with Gasteiger partial charge in [0.1, 0.15) is 6.04 Å². The van der Waals surface area contributed by atoms with Crippen molar-refractivity contribution in [2.75, 3.05) is 36.5 Å². The van der Waals surface area contributed by atoms with E-state index in [9.17, 15) is 19.2 Å². The van der Waals surface area contributed by atoms with E-state index in [4.69, 9.17) is 9.47 Å². The summed E-state index contributed by atoms with van der Waals surface area (Å²) in [6.45, 7) is 5.92. The molecule has 2 heterocycles. The summed E-state index contributed by atoms with van der Waals surface area (Å²) in [5.74, 6) is -2.81. The van der Waals surface area contributed by atoms with Crippen molar-refractivity contribution >= 4 is 35.1 Å². The number of hydrogen-bond acceptors (Lipinski definition) is 7. The van der Waals surface area contributed by atoms with Gasteiger partial charge in [-0.1, -0.05) is 12.2 Å². The number of nitrogens with one attached hydrogen (secondary N) is 1. The SMILES string of the molecule is C[C@@H](OC(=O)[C@H](C)N1C(=O)[C@H]2CC=CC[C@H]2C1=O)C(=O)Nc1ccc(N2CCOCC2)cc1. The molecule has 1 aromatic carbocycles. The van der Waals surface area contributed by atoms with Gasteiger partial charge in [0.15, 0.2) is 6.10 Å². The van der Waals surface area contributed by atoms with E-state index >= 15 is 0 Å². The molecule has 33 heavy (non-hydrogen) atoms. The van der Waals surface area contributed by atoms with Crippen molar-refractivity contribution in [2.24, 2.45) is 11.8 Å². The normalized spacial score (nSPS) is 24.3. The van der Waals surface area contributed by atoms with Crippen LogP contribution in [0.4, 0.5) is 11.4 Å². The molecule has 1 N–H and O–H groups in total. The molecule has 9 nitrogen and oxygen atoms in total. The minimum absolute atomic E-state index is 0.351. The van der Waals surface area contributed by atoms with Crippen LogP contribution in [0.25, 0.3) is 0 Å². The number of allylic oxidation sites excluding steroid dienone is 2. The summed E-state index contributed by atoms with van der Waals surface area (Å²) in [7, 11) is 0. The van der Waals surface area contributed by atoms with Gasteiger partial charge in [-0.3, -0.25) is 19.3 Å². The third-order valence-electron chi connectivity index (χ3n) is 6.44. The molecule has 0 spiro atoms. The Morgan fingerprint density at radius 1 is 1.00 bits per heavy atom. The highest BCUT2D eigenvalue weighted by molar-refractivity contribution is 6.08. The Hall–Kier alpha value is -3.20. The Morgan fingerprint density at radius 3 is 2.15 bits per heavy atom. The molecule has 0 radical (unpaired) electrons. The van der Waals surface area contributed by atoms with Gasteiger partial charge in [0.2, 0.25) is 11.8 Å². The van der Waals surface area contributed by atoms with Crippen LogP contribution < -0.4 is 10.2 Å². The lowest BCUT2D eigenvalue weighted by atomic mass is 9.85. The van der Waals surface area contributed by atoms with E-state index in [1.165, 1.54) is 13.8 Å². The van der Waals surface area contributed by atoms with Crippen LogP contribution in [0.5, 0.6) is 0 Å². The summed E-state index contributed by atoms with van der Waals surface area (Å²) in [5, 5.41) is 2.73. The number of anilines is 2. The van der Waals surface area contributed by atoms with Crippen molar-refractivity contribution in [2.45, 2.75) is 38.8 Å². The number of ether oxygens (including phenoxy) is 2. The minimum atomic E-state index is -1.09. The van der Waals surface area contributed by atoms with Gasteiger partial charge in [0.05, 0.1) is 25.0 Å². The van der Waals surface area contributed by atoms with Crippen LogP contribution in [0.3, 0.4) is 0 Å². The molecule has 1 aromatic rings. The van der Waals surface area contributed by atoms with Gasteiger partial charge in [-0.2, -0.15) is 0 Å². The molecule has 176 valence electrons. The van der Waals surface area contributed by atoms with E-state index < -0.39 is 35.9 Å². The third kappa shape index (κ3) is 4.78. The summed E-state index contributed by atoms with van der Waals surface area (Å²) in [6.07, 6.45) is 3.68. The zero-order valence-electron chi connectivity index (χ0n) is 18.9. The maximum absolute atomic E-state index is 12.7. The Labute approximate surface area is 192 Å². The Balaban J connectivity index is 1.31. The standard InChI is InChI=1S/C24H29N3O6/c1-15(27-22(29)19-5-3-4-6-20(19)23(27)30)24(31)33-16(2)21(28)25-17-7-9-18(10-8-17)26-11-13-32-14-12-26/h3-4,7-10,15-16,19-20H,5-6,11-14H2,1-2H3,(H,25,28)/t15-,16+,19-,20+/m0/s1. The van der Waals surface area contributed by atoms with Crippen molar-refractivity contribution in [3.05, 3.63) is 36.4 Å². The summed E-state index contributed by atoms with van der Waals surface area (Å²) in [4.78, 5) is 53.7. The van der Waals surface area contributed by atoms with Gasteiger partial charge >= 0.3 is 5.97 Å². The fraction of sp³-hybridized carbons (Fsp3) is 0.500. The smallest absolute Gasteiger partial charge is 0.329 e. The molecule has 0 aromatic heterocycles. The Morgan fingerprint density at radius 2 is 1.58 bits per heavy atom. The second kappa shape index (κ2) is 9.74. The van der Waals surface area contributed by atoms with Gasteiger partial charge in [-0.15, -0.1) is 0 Å². The fourth-order valence-electron chi connectivity index (χ4n) is 4.46. The second-order valence-corrected chi connectivity index (χ2v) is 8.59. The zero-order valence-corrected chi connectivity index (χ0v) is 18.9. The number of benzene rings is 1. The lowest BCUT2D eigenvalue weighted by Crippen LogP contribution is -2.46. The molecular weight excluding hydrogens is 426 g/mol. The van der Waals surface area contributed by atoms with Crippen molar-refractivity contribution in [3.63, 3.8) is 0 Å². The fourth-order valence-corrected chi connectivity index (χ4v) is 4.46. The molecule has 2 saturated heterocycles. The van der Waals surface area contributed by atoms with E-state index in [2.05, 4.69) is 10.2 Å². The number of hydrogen-bond donors (Lipinski definition) is 1. The first-order valence-corrected chi connectivity index (χ1v) is 11.3. The Kier molecular flexibility index (Phi) is 6.78. The monoisotopic (exact) mass is 455 g/mol. The van der Waals surface area contributed by atoms with E-state index in [0.717, 1.165) is 23.7 Å². The molecule has 2 fully saturated rings. The maximum Gasteiger partial charge on any atom is 0.329 e. The molecule has 0 bridgehead atoms. The Bertz CT molecular complexity index is 927. The number of amides is 3. The summed E-state index contributed by atoms with van der Waals surface area (Å²) >= 11 is 0. The van der Waals surface area contributed by atoms with Gasteiger partial charge in [0.25, 0.3) is 5.91 Å². The van der Waals surface area contributed by atoms with Crippen LogP contribution in [-0.4, -0.2) is 67.0 Å². The highest BCUT2D eigenvalue weighted by Crippen LogP contribution is 2.36. The largest absolute Gasteiger partial charge is 0.451 e. The third-order valence-corrected chi connectivity index (χ3v) is 6.44. The van der Waals surface area contributed by atoms with Crippen LogP contribution in [0.15, 0.2) is 36.4 Å². The highest BCUT2D eigenvalue weighted by Gasteiger charge is 2.50. The highest BCUT2D eigenvalue weighted by atomic mass is 16.5. The number of esters is 1. The van der Waals surface area contributed by atoms with Crippen molar-refractivity contribution in [1.82, 2.24) is 4.90 Å². The van der Waals surface area contributed by atoms with E-state index in [0.29, 0.717) is 31.7 Å². The molecule has 0 unspecified atom stereocenters. The molecule has 0 saturated carbocycles. The van der Waals surface area contributed by atoms with Crippen LogP contribution in [0, 0.1) is 11.8 Å². The van der Waals surface area contributed by atoms with Gasteiger partial charge in [0, 0.05) is 24.5 Å². The van der Waals surface area contributed by atoms with Gasteiger partial charge < -0.3 is 19.7 Å². The predicted octanol–water partition coefficient (Wildman–Crippen LogP) is 1.73. The molecule has 3 amide bonds. The lowest BCUT2D eigenvalue weighted by molar-refractivity contribution is -0.163. The summed E-state index contributed by atoms with van der Waals surface area (Å²) < 4.78 is 10.7. The van der Waals surface area contributed by atoms with Crippen molar-refractivity contribution < 1.29 is 28.7 Å². The van der Waals surface area contributed by atoms with Gasteiger partial charge in [-0.05, 0) is 51.0 Å². The maximum atomic E-state index is 12.7. The predicted molar refractivity (Wildman–Crippen MR) is 120 cm³/mol. The first-order chi connectivity index (χ1) is 15.9. The van der Waals surface area contributed by atoms with E-state index in [-0.39, 0.29) is 11.8 Å². The number of rotatable bonds is 6. The van der Waals surface area contributed by atoms with Crippen molar-refractivity contribution in [1.29, 1.82) is 0 Å². The quantitative estimate of drug-likeness (QED) is 0.396. The number of carbonyl (C=O) groups excluding carboxylic acids is 4. The molecule has 2 aliphatic heterocycles. The van der Waals surface area contributed by atoms with Crippen molar-refractivity contribution in [3.8, 4) is 0 Å². The molecule has 1 aliphatic carbocycles. The molecule has 9 heteroatoms. The first kappa shape index (κ1) is 23.0. The second-order valence-electron chi connectivity index (χ2n) is 8.59. The molecule has 4 atom stereocenters. The van der Waals surface area contributed by atoms with Gasteiger partial charge in [-0.25, -0.2) is 4.79 Å². The van der Waals surface area contributed by atoms with Crippen LogP contribution >= 0.6 is 0 Å². The summed E-state index contributed by atoms with van der Waals surface area (Å²) in [6, 6.07) is 6.32. The summed E-state index contributed by atoms with van der Waals surface area (Å²) in [5.41, 5.74) is 1.62. The molecule has 3 aliphatic rings. The number of nitrogens with zero attached hydrogens (tertiary/aromatic N) is 2. The number of carbonyl (C=O) groups is 4. The topological polar surface area (TPSA) is 105 Å². The minimum Gasteiger partial charge on any atom is -0.451 e. The lowest BCUT2D eigenvalue weighted by Gasteiger charge is -2.29. The number of morpholine rings is 1. The van der Waals surface area contributed by atoms with E-state index in [1.54, 1.807) is 12.1 Å². The molecular formula is C24H29N3O6. The molecule has 4 rings (SSSR count). The number of imide groups is 1. The van der Waals surface area contributed by atoms with Crippen LogP contribution in [0.1, 0.15) is 26.7 Å². The van der Waals surface area contributed by atoms with Crippen LogP contribution in [-0.2, 0) is 28.7 Å². The van der Waals surface area contributed by atoms with Crippen LogP contribution in [0.2, 0.25) is 0 Å². The first-order valence-electron chi connectivity index (χ1n) is 11.3. The average molecular weight is 456 g/mol. The number of likely N-dealkylation sites (tertiary alicyclic amines) is 1. The zero-order chi connectivity index (χ0) is 23.5. The van der Waals surface area contributed by atoms with E-state index in [1.807, 2.05) is 24.3 Å².